The second kappa shape index (κ2) is 6.84. The zero-order valence-electron chi connectivity index (χ0n) is 12.2. The molecule has 0 spiro atoms. The van der Waals surface area contributed by atoms with E-state index < -0.39 is 0 Å². The molecule has 1 amide bonds. The molecule has 0 bridgehead atoms. The van der Waals surface area contributed by atoms with Crippen molar-refractivity contribution in [3.05, 3.63) is 35.6 Å². The predicted molar refractivity (Wildman–Crippen MR) is 78.1 cm³/mol. The van der Waals surface area contributed by atoms with Crippen molar-refractivity contribution in [2.75, 3.05) is 20.1 Å². The molecular formula is C16H23FN2O. The van der Waals surface area contributed by atoms with Gasteiger partial charge in [0.1, 0.15) is 5.82 Å². The lowest BCUT2D eigenvalue weighted by Gasteiger charge is -2.33. The van der Waals surface area contributed by atoms with Crippen LogP contribution in [0.25, 0.3) is 0 Å². The second-order valence-electron chi connectivity index (χ2n) is 5.59. The van der Waals surface area contributed by atoms with Crippen LogP contribution < -0.4 is 5.32 Å². The van der Waals surface area contributed by atoms with Crippen LogP contribution in [0.5, 0.6) is 0 Å². The van der Waals surface area contributed by atoms with Gasteiger partial charge in [0.15, 0.2) is 0 Å². The number of hydrogen-bond donors (Lipinski definition) is 1. The standard InChI is InChI=1S/C16H23FN2O/c1-12(14-7-3-4-8-15(14)17)10-16(20)19-9-5-6-13(11-19)18-2/h3-4,7-8,12-13,18H,5-6,9-11H2,1-2H3. The molecule has 3 nitrogen and oxygen atoms in total. The molecule has 1 saturated heterocycles. The third kappa shape index (κ3) is 3.57. The first kappa shape index (κ1) is 15.0. The van der Waals surface area contributed by atoms with E-state index in [1.807, 2.05) is 24.9 Å². The second-order valence-corrected chi connectivity index (χ2v) is 5.59. The summed E-state index contributed by atoms with van der Waals surface area (Å²) in [5.41, 5.74) is 0.628. The summed E-state index contributed by atoms with van der Waals surface area (Å²) in [7, 11) is 1.93. The highest BCUT2D eigenvalue weighted by Crippen LogP contribution is 2.23. The fourth-order valence-corrected chi connectivity index (χ4v) is 2.82. The Kier molecular flexibility index (Phi) is 5.12. The number of benzene rings is 1. The Bertz CT molecular complexity index is 464. The van der Waals surface area contributed by atoms with E-state index in [4.69, 9.17) is 0 Å². The monoisotopic (exact) mass is 278 g/mol. The molecule has 20 heavy (non-hydrogen) atoms. The number of amides is 1. The smallest absolute Gasteiger partial charge is 0.223 e. The molecule has 2 atom stereocenters. The third-order valence-corrected chi connectivity index (χ3v) is 4.10. The molecular weight excluding hydrogens is 255 g/mol. The van der Waals surface area contributed by atoms with Gasteiger partial charge in [0.05, 0.1) is 0 Å². The maximum atomic E-state index is 13.7. The summed E-state index contributed by atoms with van der Waals surface area (Å²) in [6.45, 7) is 3.50. The van der Waals surface area contributed by atoms with Crippen molar-refractivity contribution in [2.45, 2.75) is 38.1 Å². The number of nitrogens with zero attached hydrogens (tertiary/aromatic N) is 1. The van der Waals surface area contributed by atoms with Gasteiger partial charge in [-0.05, 0) is 37.4 Å². The maximum Gasteiger partial charge on any atom is 0.223 e. The largest absolute Gasteiger partial charge is 0.341 e. The van der Waals surface area contributed by atoms with Gasteiger partial charge in [-0.15, -0.1) is 0 Å². The first-order chi connectivity index (χ1) is 9.61. The normalized spacial score (nSPS) is 20.8. The number of piperidine rings is 1. The fraction of sp³-hybridized carbons (Fsp3) is 0.562. The van der Waals surface area contributed by atoms with Gasteiger partial charge in [0.25, 0.3) is 0 Å². The van der Waals surface area contributed by atoms with Crippen LogP contribution in [0.1, 0.15) is 37.7 Å². The quantitative estimate of drug-likeness (QED) is 0.918. The Morgan fingerprint density at radius 3 is 2.95 bits per heavy atom. The molecule has 1 aliphatic heterocycles. The number of carbonyl (C=O) groups is 1. The molecule has 1 heterocycles. The van der Waals surface area contributed by atoms with E-state index in [-0.39, 0.29) is 17.6 Å². The summed E-state index contributed by atoms with van der Waals surface area (Å²) in [4.78, 5) is 14.2. The first-order valence-corrected chi connectivity index (χ1v) is 7.31. The SMILES string of the molecule is CNC1CCCN(C(=O)CC(C)c2ccccc2F)C1. The summed E-state index contributed by atoms with van der Waals surface area (Å²) >= 11 is 0. The van der Waals surface area contributed by atoms with Crippen molar-refractivity contribution in [1.29, 1.82) is 0 Å². The number of rotatable bonds is 4. The lowest BCUT2D eigenvalue weighted by atomic mass is 9.96. The molecule has 1 aromatic rings. The third-order valence-electron chi connectivity index (χ3n) is 4.10. The molecule has 110 valence electrons. The van der Waals surface area contributed by atoms with Crippen LogP contribution >= 0.6 is 0 Å². The summed E-state index contributed by atoms with van der Waals surface area (Å²) in [5.74, 6) is -0.182. The van der Waals surface area contributed by atoms with Crippen LogP contribution in [0, 0.1) is 5.82 Å². The van der Waals surface area contributed by atoms with Gasteiger partial charge in [-0.2, -0.15) is 0 Å². The first-order valence-electron chi connectivity index (χ1n) is 7.31. The minimum atomic E-state index is -0.223. The zero-order valence-corrected chi connectivity index (χ0v) is 12.2. The maximum absolute atomic E-state index is 13.7. The van der Waals surface area contributed by atoms with Crippen LogP contribution in [0.4, 0.5) is 4.39 Å². The van der Waals surface area contributed by atoms with E-state index >= 15 is 0 Å². The van der Waals surface area contributed by atoms with Gasteiger partial charge >= 0.3 is 0 Å². The highest BCUT2D eigenvalue weighted by molar-refractivity contribution is 5.77. The lowest BCUT2D eigenvalue weighted by Crippen LogP contribution is -2.47. The van der Waals surface area contributed by atoms with Gasteiger partial charge in [-0.25, -0.2) is 4.39 Å². The Hall–Kier alpha value is -1.42. The van der Waals surface area contributed by atoms with E-state index in [1.165, 1.54) is 6.07 Å². The number of hydrogen-bond acceptors (Lipinski definition) is 2. The molecule has 1 N–H and O–H groups in total. The van der Waals surface area contributed by atoms with E-state index in [0.29, 0.717) is 18.0 Å². The van der Waals surface area contributed by atoms with Gasteiger partial charge in [0.2, 0.25) is 5.91 Å². The van der Waals surface area contributed by atoms with Gasteiger partial charge in [-0.1, -0.05) is 25.1 Å². The molecule has 4 heteroatoms. The molecule has 0 saturated carbocycles. The van der Waals surface area contributed by atoms with Crippen molar-refractivity contribution in [1.82, 2.24) is 10.2 Å². The van der Waals surface area contributed by atoms with E-state index in [2.05, 4.69) is 5.32 Å². The van der Waals surface area contributed by atoms with Gasteiger partial charge in [0, 0.05) is 25.6 Å². The number of nitrogens with one attached hydrogen (secondary N) is 1. The van der Waals surface area contributed by atoms with E-state index in [0.717, 1.165) is 25.9 Å². The molecule has 1 aliphatic rings. The van der Waals surface area contributed by atoms with Gasteiger partial charge in [-0.3, -0.25) is 4.79 Å². The highest BCUT2D eigenvalue weighted by atomic mass is 19.1. The van der Waals surface area contributed by atoms with Gasteiger partial charge < -0.3 is 10.2 Å². The Balaban J connectivity index is 1.95. The number of carbonyl (C=O) groups excluding carboxylic acids is 1. The number of halogens is 1. The van der Waals surface area contributed by atoms with E-state index in [9.17, 15) is 9.18 Å². The molecule has 2 rings (SSSR count). The average Bonchev–Trinajstić information content (AvgIpc) is 2.47. The molecule has 2 unspecified atom stereocenters. The lowest BCUT2D eigenvalue weighted by molar-refractivity contribution is -0.132. The Morgan fingerprint density at radius 2 is 2.25 bits per heavy atom. The predicted octanol–water partition coefficient (Wildman–Crippen LogP) is 2.53. The average molecular weight is 278 g/mol. The fourth-order valence-electron chi connectivity index (χ4n) is 2.82. The summed E-state index contributed by atoms with van der Waals surface area (Å²) < 4.78 is 13.7. The van der Waals surface area contributed by atoms with Crippen molar-refractivity contribution in [2.24, 2.45) is 0 Å². The van der Waals surface area contributed by atoms with Crippen molar-refractivity contribution >= 4 is 5.91 Å². The summed E-state index contributed by atoms with van der Waals surface area (Å²) in [6.07, 6.45) is 2.52. The zero-order chi connectivity index (χ0) is 14.5. The van der Waals surface area contributed by atoms with Crippen molar-refractivity contribution in [3.8, 4) is 0 Å². The van der Waals surface area contributed by atoms with Crippen LogP contribution in [0.3, 0.4) is 0 Å². The molecule has 0 aromatic heterocycles. The number of likely N-dealkylation sites (N-methyl/N-ethyl adjacent to an activating group) is 1. The molecule has 0 radical (unpaired) electrons. The van der Waals surface area contributed by atoms with Crippen molar-refractivity contribution in [3.63, 3.8) is 0 Å². The van der Waals surface area contributed by atoms with E-state index in [1.54, 1.807) is 12.1 Å². The molecule has 0 aliphatic carbocycles. The summed E-state index contributed by atoms with van der Waals surface area (Å²) in [6, 6.07) is 7.09. The van der Waals surface area contributed by atoms with Crippen LogP contribution in [-0.4, -0.2) is 37.0 Å². The van der Waals surface area contributed by atoms with Crippen molar-refractivity contribution < 1.29 is 9.18 Å². The topological polar surface area (TPSA) is 32.3 Å². The Morgan fingerprint density at radius 1 is 1.50 bits per heavy atom. The van der Waals surface area contributed by atoms with Crippen LogP contribution in [0.2, 0.25) is 0 Å². The molecule has 1 aromatic carbocycles. The highest BCUT2D eigenvalue weighted by Gasteiger charge is 2.24. The minimum absolute atomic E-state index is 0.0846. The Labute approximate surface area is 120 Å². The van der Waals surface area contributed by atoms with Crippen LogP contribution in [-0.2, 0) is 4.79 Å². The molecule has 1 fully saturated rings. The minimum Gasteiger partial charge on any atom is -0.341 e. The number of likely N-dealkylation sites (tertiary alicyclic amines) is 1. The summed E-state index contributed by atoms with van der Waals surface area (Å²) in [5, 5.41) is 3.23. The van der Waals surface area contributed by atoms with Crippen LogP contribution in [0.15, 0.2) is 24.3 Å².